The zero-order valence-corrected chi connectivity index (χ0v) is 20.1. The lowest BCUT2D eigenvalue weighted by Crippen LogP contribution is -2.43. The SMILES string of the molecule is CCNC(=NCC(C)(C)c1ccc(Cl)cc1)NC(C)CCS(C)(=O)=O.I. The average molecular weight is 516 g/mol. The number of sulfone groups is 1. The van der Waals surface area contributed by atoms with Crippen LogP contribution in [0.5, 0.6) is 0 Å². The van der Waals surface area contributed by atoms with E-state index in [1.165, 1.54) is 11.8 Å². The van der Waals surface area contributed by atoms with E-state index >= 15 is 0 Å². The Morgan fingerprint density at radius 1 is 1.27 bits per heavy atom. The van der Waals surface area contributed by atoms with Crippen molar-refractivity contribution in [2.45, 2.75) is 45.6 Å². The number of benzene rings is 1. The summed E-state index contributed by atoms with van der Waals surface area (Å²) < 4.78 is 22.6. The van der Waals surface area contributed by atoms with Crippen LogP contribution in [0, 0.1) is 0 Å². The molecule has 0 saturated carbocycles. The number of halogens is 2. The maximum Gasteiger partial charge on any atom is 0.191 e. The van der Waals surface area contributed by atoms with Crippen LogP contribution in [0.15, 0.2) is 29.3 Å². The second kappa shape index (κ2) is 11.3. The maximum absolute atomic E-state index is 11.3. The Kier molecular flexibility index (Phi) is 11.1. The van der Waals surface area contributed by atoms with Crippen molar-refractivity contribution in [1.29, 1.82) is 0 Å². The highest BCUT2D eigenvalue weighted by molar-refractivity contribution is 14.0. The molecule has 26 heavy (non-hydrogen) atoms. The fourth-order valence-corrected chi connectivity index (χ4v) is 3.19. The molecule has 8 heteroatoms. The first-order valence-corrected chi connectivity index (χ1v) is 11.0. The lowest BCUT2D eigenvalue weighted by Gasteiger charge is -2.25. The van der Waals surface area contributed by atoms with E-state index < -0.39 is 9.84 Å². The van der Waals surface area contributed by atoms with Gasteiger partial charge < -0.3 is 10.6 Å². The highest BCUT2D eigenvalue weighted by Crippen LogP contribution is 2.24. The lowest BCUT2D eigenvalue weighted by molar-refractivity contribution is 0.533. The van der Waals surface area contributed by atoms with Crippen molar-refractivity contribution >= 4 is 51.4 Å². The quantitative estimate of drug-likeness (QED) is 0.315. The van der Waals surface area contributed by atoms with Crippen molar-refractivity contribution in [2.75, 3.05) is 25.1 Å². The van der Waals surface area contributed by atoms with E-state index in [2.05, 4.69) is 29.5 Å². The molecule has 0 bridgehead atoms. The van der Waals surface area contributed by atoms with E-state index in [1.54, 1.807) is 0 Å². The minimum Gasteiger partial charge on any atom is -0.357 e. The molecule has 1 rings (SSSR count). The van der Waals surface area contributed by atoms with Gasteiger partial charge in [0.05, 0.1) is 12.3 Å². The van der Waals surface area contributed by atoms with Gasteiger partial charge in [-0.1, -0.05) is 37.6 Å². The molecule has 1 atom stereocenters. The van der Waals surface area contributed by atoms with Gasteiger partial charge in [-0.3, -0.25) is 4.99 Å². The summed E-state index contributed by atoms with van der Waals surface area (Å²) in [5.74, 6) is 0.863. The Bertz CT molecular complexity index is 676. The topological polar surface area (TPSA) is 70.6 Å². The molecule has 5 nitrogen and oxygen atoms in total. The smallest absolute Gasteiger partial charge is 0.191 e. The van der Waals surface area contributed by atoms with Gasteiger partial charge in [-0.15, -0.1) is 24.0 Å². The largest absolute Gasteiger partial charge is 0.357 e. The number of nitrogens with one attached hydrogen (secondary N) is 2. The van der Waals surface area contributed by atoms with Crippen LogP contribution in [0.2, 0.25) is 5.02 Å². The van der Waals surface area contributed by atoms with E-state index in [1.807, 2.05) is 38.1 Å². The zero-order valence-electron chi connectivity index (χ0n) is 16.2. The fourth-order valence-electron chi connectivity index (χ4n) is 2.29. The predicted octanol–water partition coefficient (Wildman–Crippen LogP) is 3.61. The predicted molar refractivity (Wildman–Crippen MR) is 123 cm³/mol. The summed E-state index contributed by atoms with van der Waals surface area (Å²) >= 11 is 5.96. The number of rotatable bonds is 8. The van der Waals surface area contributed by atoms with Gasteiger partial charge in [0.1, 0.15) is 9.84 Å². The molecule has 0 radical (unpaired) electrons. The summed E-state index contributed by atoms with van der Waals surface area (Å²) in [4.78, 5) is 4.68. The van der Waals surface area contributed by atoms with Crippen LogP contribution in [-0.4, -0.2) is 45.5 Å². The van der Waals surface area contributed by atoms with Crippen molar-refractivity contribution in [1.82, 2.24) is 10.6 Å². The minimum absolute atomic E-state index is 0. The Hall–Kier alpha value is -0.540. The number of aliphatic imine (C=N–C) groups is 1. The third kappa shape index (κ3) is 9.97. The van der Waals surface area contributed by atoms with E-state index in [0.717, 1.165) is 11.6 Å². The van der Waals surface area contributed by atoms with Gasteiger partial charge >= 0.3 is 0 Å². The van der Waals surface area contributed by atoms with Crippen molar-refractivity contribution in [3.8, 4) is 0 Å². The molecular formula is C18H31ClIN3O2S. The summed E-state index contributed by atoms with van der Waals surface area (Å²) in [6, 6.07) is 7.84. The molecule has 1 aromatic carbocycles. The number of hydrogen-bond acceptors (Lipinski definition) is 3. The molecule has 0 aliphatic heterocycles. The molecule has 0 aromatic heterocycles. The molecule has 1 unspecified atom stereocenters. The summed E-state index contributed by atoms with van der Waals surface area (Å²) in [5.41, 5.74) is 1.03. The third-order valence-electron chi connectivity index (χ3n) is 3.91. The van der Waals surface area contributed by atoms with Crippen LogP contribution in [0.3, 0.4) is 0 Å². The van der Waals surface area contributed by atoms with Gasteiger partial charge in [0.15, 0.2) is 5.96 Å². The maximum atomic E-state index is 11.3. The second-order valence-corrected chi connectivity index (χ2v) is 9.75. The minimum atomic E-state index is -2.95. The Balaban J connectivity index is 0.00000625. The van der Waals surface area contributed by atoms with Gasteiger partial charge in [-0.05, 0) is 38.0 Å². The van der Waals surface area contributed by atoms with Crippen molar-refractivity contribution in [3.05, 3.63) is 34.9 Å². The van der Waals surface area contributed by atoms with Gasteiger partial charge in [-0.2, -0.15) is 0 Å². The molecule has 150 valence electrons. The van der Waals surface area contributed by atoms with Crippen molar-refractivity contribution in [2.24, 2.45) is 4.99 Å². The Labute approximate surface area is 180 Å². The highest BCUT2D eigenvalue weighted by Gasteiger charge is 2.20. The second-order valence-electron chi connectivity index (χ2n) is 7.05. The van der Waals surface area contributed by atoms with Gasteiger partial charge in [-0.25, -0.2) is 8.42 Å². The molecule has 0 aliphatic rings. The van der Waals surface area contributed by atoms with Crippen LogP contribution >= 0.6 is 35.6 Å². The molecule has 0 aliphatic carbocycles. The van der Waals surface area contributed by atoms with E-state index in [4.69, 9.17) is 11.6 Å². The summed E-state index contributed by atoms with van der Waals surface area (Å²) in [6.07, 6.45) is 1.80. The zero-order chi connectivity index (χ0) is 19.1. The van der Waals surface area contributed by atoms with Gasteiger partial charge in [0.2, 0.25) is 0 Å². The molecule has 0 heterocycles. The van der Waals surface area contributed by atoms with Gasteiger partial charge in [0.25, 0.3) is 0 Å². The fraction of sp³-hybridized carbons (Fsp3) is 0.611. The van der Waals surface area contributed by atoms with E-state index in [0.29, 0.717) is 18.9 Å². The first-order valence-electron chi connectivity index (χ1n) is 8.52. The Morgan fingerprint density at radius 2 is 1.85 bits per heavy atom. The summed E-state index contributed by atoms with van der Waals surface area (Å²) in [6.45, 7) is 9.58. The standard InChI is InChI=1S/C18H30ClN3O2S.HI/c1-6-20-17(22-14(2)11-12-25(5,23)24)21-13-18(3,4)15-7-9-16(19)10-8-15;/h7-10,14H,6,11-13H2,1-5H3,(H2,20,21,22);1H. The lowest BCUT2D eigenvalue weighted by atomic mass is 9.85. The molecule has 0 spiro atoms. The molecule has 1 aromatic rings. The normalized spacial score (nSPS) is 13.7. The Morgan fingerprint density at radius 3 is 2.35 bits per heavy atom. The van der Waals surface area contributed by atoms with Crippen LogP contribution in [0.25, 0.3) is 0 Å². The number of nitrogens with zero attached hydrogens (tertiary/aromatic N) is 1. The third-order valence-corrected chi connectivity index (χ3v) is 5.14. The van der Waals surface area contributed by atoms with Gasteiger partial charge in [0, 0.05) is 29.3 Å². The average Bonchev–Trinajstić information content (AvgIpc) is 2.51. The summed E-state index contributed by atoms with van der Waals surface area (Å²) in [5, 5.41) is 7.21. The van der Waals surface area contributed by atoms with Crippen molar-refractivity contribution < 1.29 is 8.42 Å². The number of guanidine groups is 1. The van der Waals surface area contributed by atoms with E-state index in [-0.39, 0.29) is 41.2 Å². The number of hydrogen-bond donors (Lipinski definition) is 2. The molecular weight excluding hydrogens is 485 g/mol. The van der Waals surface area contributed by atoms with Crippen LogP contribution in [0.1, 0.15) is 39.7 Å². The molecule has 0 fully saturated rings. The van der Waals surface area contributed by atoms with Crippen LogP contribution in [0.4, 0.5) is 0 Å². The monoisotopic (exact) mass is 515 g/mol. The first kappa shape index (κ1) is 25.5. The first-order chi connectivity index (χ1) is 11.5. The van der Waals surface area contributed by atoms with Crippen molar-refractivity contribution in [3.63, 3.8) is 0 Å². The summed E-state index contributed by atoms with van der Waals surface area (Å²) in [7, 11) is -2.95. The van der Waals surface area contributed by atoms with Crippen LogP contribution < -0.4 is 10.6 Å². The van der Waals surface area contributed by atoms with Crippen LogP contribution in [-0.2, 0) is 15.3 Å². The highest BCUT2D eigenvalue weighted by atomic mass is 127. The molecule has 0 amide bonds. The molecule has 2 N–H and O–H groups in total. The van der Waals surface area contributed by atoms with E-state index in [9.17, 15) is 8.42 Å². The molecule has 0 saturated heterocycles.